The van der Waals surface area contributed by atoms with Gasteiger partial charge in [0.2, 0.25) is 0 Å². The Labute approximate surface area is 108 Å². The summed E-state index contributed by atoms with van der Waals surface area (Å²) >= 11 is 0. The second-order valence-electron chi connectivity index (χ2n) is 6.03. The van der Waals surface area contributed by atoms with Gasteiger partial charge in [-0.2, -0.15) is 0 Å². The van der Waals surface area contributed by atoms with Crippen molar-refractivity contribution in [2.75, 3.05) is 0 Å². The van der Waals surface area contributed by atoms with E-state index in [9.17, 15) is 9.59 Å². The molecule has 1 fully saturated rings. The molecule has 1 aliphatic carbocycles. The Morgan fingerprint density at radius 2 is 1.94 bits per heavy atom. The molecule has 2 atom stereocenters. The molecule has 0 saturated heterocycles. The third kappa shape index (κ3) is 4.20. The van der Waals surface area contributed by atoms with Gasteiger partial charge < -0.3 is 14.8 Å². The third-order valence-electron chi connectivity index (χ3n) is 2.97. The topological polar surface area (TPSA) is 64.6 Å². The van der Waals surface area contributed by atoms with Gasteiger partial charge in [-0.05, 0) is 47.0 Å². The molecule has 1 amide bonds. The highest BCUT2D eigenvalue weighted by atomic mass is 16.6. The lowest BCUT2D eigenvalue weighted by Gasteiger charge is -2.32. The maximum Gasteiger partial charge on any atom is 0.408 e. The van der Waals surface area contributed by atoms with Crippen LogP contribution in [0.5, 0.6) is 0 Å². The molecule has 104 valence electrons. The Morgan fingerprint density at radius 3 is 2.44 bits per heavy atom. The Bertz CT molecular complexity index is 334. The first kappa shape index (κ1) is 14.8. The molecule has 0 aliphatic heterocycles. The Morgan fingerprint density at radius 1 is 1.33 bits per heavy atom. The van der Waals surface area contributed by atoms with E-state index in [0.29, 0.717) is 0 Å². The predicted molar refractivity (Wildman–Crippen MR) is 67.2 cm³/mol. The fourth-order valence-electron chi connectivity index (χ4n) is 2.20. The maximum atomic E-state index is 11.8. The molecule has 5 nitrogen and oxygen atoms in total. The molecular formula is C13H23NO4. The van der Waals surface area contributed by atoms with E-state index >= 15 is 0 Å². The fourth-order valence-corrected chi connectivity index (χ4v) is 2.20. The molecule has 1 rings (SSSR count). The van der Waals surface area contributed by atoms with Crippen LogP contribution in [0, 0.1) is 0 Å². The largest absolute Gasteiger partial charge is 0.460 e. The highest BCUT2D eigenvalue weighted by Crippen LogP contribution is 2.32. The molecule has 0 bridgehead atoms. The van der Waals surface area contributed by atoms with Crippen LogP contribution in [0.4, 0.5) is 4.79 Å². The van der Waals surface area contributed by atoms with Crippen LogP contribution >= 0.6 is 0 Å². The number of esters is 1. The number of carbonyl (C=O) groups excluding carboxylic acids is 2. The van der Waals surface area contributed by atoms with Crippen LogP contribution in [0.15, 0.2) is 0 Å². The van der Waals surface area contributed by atoms with Crippen LogP contribution in [0.3, 0.4) is 0 Å². The minimum Gasteiger partial charge on any atom is -0.460 e. The lowest BCUT2D eigenvalue weighted by Crippen LogP contribution is -2.53. The SMILES string of the molecule is CC(=O)OC1CCCC1(C)NC(=O)OC(C)(C)C. The molecule has 0 spiro atoms. The summed E-state index contributed by atoms with van der Waals surface area (Å²) in [4.78, 5) is 22.8. The molecule has 1 saturated carbocycles. The van der Waals surface area contributed by atoms with Gasteiger partial charge in [0.15, 0.2) is 0 Å². The molecule has 0 aromatic heterocycles. The summed E-state index contributed by atoms with van der Waals surface area (Å²) in [6.45, 7) is 8.71. The number of hydrogen-bond acceptors (Lipinski definition) is 4. The van der Waals surface area contributed by atoms with Crippen LogP contribution in [0.1, 0.15) is 53.9 Å². The number of nitrogens with one attached hydrogen (secondary N) is 1. The molecule has 5 heteroatoms. The van der Waals surface area contributed by atoms with Gasteiger partial charge in [-0.1, -0.05) is 0 Å². The van der Waals surface area contributed by atoms with Crippen molar-refractivity contribution in [3.63, 3.8) is 0 Å². The number of hydrogen-bond donors (Lipinski definition) is 1. The van der Waals surface area contributed by atoms with Gasteiger partial charge >= 0.3 is 12.1 Å². The van der Waals surface area contributed by atoms with E-state index in [1.807, 2.05) is 27.7 Å². The van der Waals surface area contributed by atoms with Crippen LogP contribution in [-0.4, -0.2) is 29.3 Å². The molecule has 0 aromatic rings. The van der Waals surface area contributed by atoms with Crippen LogP contribution in [0.25, 0.3) is 0 Å². The monoisotopic (exact) mass is 257 g/mol. The van der Waals surface area contributed by atoms with E-state index in [4.69, 9.17) is 9.47 Å². The van der Waals surface area contributed by atoms with Gasteiger partial charge in [-0.15, -0.1) is 0 Å². The second kappa shape index (κ2) is 5.16. The summed E-state index contributed by atoms with van der Waals surface area (Å²) in [5, 5.41) is 2.83. The number of alkyl carbamates (subject to hydrolysis) is 1. The summed E-state index contributed by atoms with van der Waals surface area (Å²) < 4.78 is 10.5. The van der Waals surface area contributed by atoms with Crippen molar-refractivity contribution in [1.29, 1.82) is 0 Å². The van der Waals surface area contributed by atoms with Crippen LogP contribution in [0.2, 0.25) is 0 Å². The van der Waals surface area contributed by atoms with Gasteiger partial charge in [0.05, 0.1) is 5.54 Å². The van der Waals surface area contributed by atoms with E-state index in [1.165, 1.54) is 6.92 Å². The second-order valence-corrected chi connectivity index (χ2v) is 6.03. The lowest BCUT2D eigenvalue weighted by atomic mass is 9.98. The van der Waals surface area contributed by atoms with E-state index in [-0.39, 0.29) is 12.1 Å². The van der Waals surface area contributed by atoms with Gasteiger partial charge in [0, 0.05) is 6.92 Å². The predicted octanol–water partition coefficient (Wildman–Crippen LogP) is 2.39. The highest BCUT2D eigenvalue weighted by molar-refractivity contribution is 5.69. The fraction of sp³-hybridized carbons (Fsp3) is 0.846. The number of carbonyl (C=O) groups is 2. The number of rotatable bonds is 2. The number of ether oxygens (including phenoxy) is 2. The van der Waals surface area contributed by atoms with E-state index < -0.39 is 17.2 Å². The van der Waals surface area contributed by atoms with Crippen molar-refractivity contribution < 1.29 is 19.1 Å². The average Bonchev–Trinajstić information content (AvgIpc) is 2.42. The van der Waals surface area contributed by atoms with Crippen molar-refractivity contribution >= 4 is 12.1 Å². The lowest BCUT2D eigenvalue weighted by molar-refractivity contribution is -0.149. The summed E-state index contributed by atoms with van der Waals surface area (Å²) in [5.74, 6) is -0.320. The highest BCUT2D eigenvalue weighted by Gasteiger charge is 2.43. The molecule has 0 radical (unpaired) electrons. The Kier molecular flexibility index (Phi) is 4.24. The third-order valence-corrected chi connectivity index (χ3v) is 2.97. The molecular weight excluding hydrogens is 234 g/mol. The summed E-state index contributed by atoms with van der Waals surface area (Å²) in [5.41, 5.74) is -1.07. The molecule has 0 heterocycles. The molecule has 2 unspecified atom stereocenters. The van der Waals surface area contributed by atoms with Gasteiger partial charge in [0.1, 0.15) is 11.7 Å². The zero-order chi connectivity index (χ0) is 14.0. The average molecular weight is 257 g/mol. The minimum atomic E-state index is -0.534. The molecule has 0 aromatic carbocycles. The van der Waals surface area contributed by atoms with E-state index in [1.54, 1.807) is 0 Å². The molecule has 1 aliphatic rings. The van der Waals surface area contributed by atoms with Crippen molar-refractivity contribution in [2.24, 2.45) is 0 Å². The Hall–Kier alpha value is -1.26. The molecule has 1 N–H and O–H groups in total. The maximum absolute atomic E-state index is 11.8. The van der Waals surface area contributed by atoms with Crippen molar-refractivity contribution in [2.45, 2.75) is 71.1 Å². The molecule has 18 heavy (non-hydrogen) atoms. The smallest absolute Gasteiger partial charge is 0.408 e. The van der Waals surface area contributed by atoms with E-state index in [0.717, 1.165) is 19.3 Å². The standard InChI is InChI=1S/C13H23NO4/c1-9(15)17-10-7-6-8-13(10,5)14-11(16)18-12(2,3)4/h10H,6-8H2,1-5H3,(H,14,16). The zero-order valence-corrected chi connectivity index (χ0v) is 11.8. The summed E-state index contributed by atoms with van der Waals surface area (Å²) in [6.07, 6.45) is 1.73. The van der Waals surface area contributed by atoms with Gasteiger partial charge in [-0.3, -0.25) is 4.79 Å². The zero-order valence-electron chi connectivity index (χ0n) is 11.8. The summed E-state index contributed by atoms with van der Waals surface area (Å²) in [7, 11) is 0. The van der Waals surface area contributed by atoms with Gasteiger partial charge in [-0.25, -0.2) is 4.79 Å². The minimum absolute atomic E-state index is 0.275. The van der Waals surface area contributed by atoms with Crippen molar-refractivity contribution in [3.05, 3.63) is 0 Å². The first-order valence-corrected chi connectivity index (χ1v) is 6.31. The Balaban J connectivity index is 2.62. The van der Waals surface area contributed by atoms with Crippen molar-refractivity contribution in [3.8, 4) is 0 Å². The van der Waals surface area contributed by atoms with Crippen molar-refractivity contribution in [1.82, 2.24) is 5.32 Å². The van der Waals surface area contributed by atoms with E-state index in [2.05, 4.69) is 5.32 Å². The van der Waals surface area contributed by atoms with Gasteiger partial charge in [0.25, 0.3) is 0 Å². The van der Waals surface area contributed by atoms with Crippen LogP contribution < -0.4 is 5.32 Å². The summed E-state index contributed by atoms with van der Waals surface area (Å²) in [6, 6.07) is 0. The number of amides is 1. The normalized spacial score (nSPS) is 27.7. The quantitative estimate of drug-likeness (QED) is 0.771. The first-order chi connectivity index (χ1) is 8.12. The first-order valence-electron chi connectivity index (χ1n) is 6.31. The van der Waals surface area contributed by atoms with Crippen LogP contribution in [-0.2, 0) is 14.3 Å².